The fourth-order valence-electron chi connectivity index (χ4n) is 4.65. The first-order valence-corrected chi connectivity index (χ1v) is 13.8. The van der Waals surface area contributed by atoms with E-state index >= 15 is 0 Å². The lowest BCUT2D eigenvalue weighted by atomic mass is 9.75. The molecule has 0 radical (unpaired) electrons. The van der Waals surface area contributed by atoms with Crippen molar-refractivity contribution in [3.8, 4) is 11.5 Å². The van der Waals surface area contributed by atoms with Gasteiger partial charge in [0.15, 0.2) is 18.1 Å². The first-order chi connectivity index (χ1) is 18.0. The first kappa shape index (κ1) is 29.2. The number of carbonyl (C=O) groups is 2. The molecule has 38 heavy (non-hydrogen) atoms. The van der Waals surface area contributed by atoms with Crippen LogP contribution in [0.25, 0.3) is 0 Å². The molecular weight excluding hydrogens is 517 g/mol. The Bertz CT molecular complexity index is 1260. The summed E-state index contributed by atoms with van der Waals surface area (Å²) in [6.07, 6.45) is 2.49. The lowest BCUT2D eigenvalue weighted by Gasteiger charge is -2.36. The van der Waals surface area contributed by atoms with Crippen LogP contribution in [0.4, 0.5) is 10.1 Å². The van der Waals surface area contributed by atoms with Crippen molar-refractivity contribution >= 4 is 27.6 Å². The minimum absolute atomic E-state index is 0.0746. The van der Waals surface area contributed by atoms with Gasteiger partial charge in [-0.25, -0.2) is 22.4 Å². The van der Waals surface area contributed by atoms with Gasteiger partial charge in [0.05, 0.1) is 24.8 Å². The van der Waals surface area contributed by atoms with Gasteiger partial charge >= 0.3 is 11.9 Å². The number of halogens is 1. The van der Waals surface area contributed by atoms with E-state index in [4.69, 9.17) is 18.9 Å². The van der Waals surface area contributed by atoms with Crippen molar-refractivity contribution in [3.63, 3.8) is 0 Å². The number of rotatable bonds is 10. The molecule has 2 aromatic rings. The van der Waals surface area contributed by atoms with Crippen molar-refractivity contribution in [2.75, 3.05) is 25.5 Å². The van der Waals surface area contributed by atoms with Gasteiger partial charge in [-0.15, -0.1) is 0 Å². The van der Waals surface area contributed by atoms with Crippen LogP contribution >= 0.6 is 0 Å². The molecule has 208 valence electrons. The molecule has 1 aliphatic rings. The molecule has 0 saturated heterocycles. The summed E-state index contributed by atoms with van der Waals surface area (Å²) in [5.41, 5.74) is -0.564. The van der Waals surface area contributed by atoms with Crippen LogP contribution < -0.4 is 14.2 Å². The van der Waals surface area contributed by atoms with E-state index in [2.05, 4.69) is 25.5 Å². The molecular formula is C27H34FNO8S. The van der Waals surface area contributed by atoms with E-state index in [9.17, 15) is 22.4 Å². The predicted octanol–water partition coefficient (Wildman–Crippen LogP) is 4.80. The smallest absolute Gasteiger partial charge is 0.344 e. The molecule has 2 aromatic carbocycles. The summed E-state index contributed by atoms with van der Waals surface area (Å²) in [4.78, 5) is 25.1. The van der Waals surface area contributed by atoms with Gasteiger partial charge in [-0.3, -0.25) is 4.72 Å². The fourth-order valence-corrected chi connectivity index (χ4v) is 5.76. The van der Waals surface area contributed by atoms with Crippen LogP contribution in [-0.4, -0.2) is 47.3 Å². The van der Waals surface area contributed by atoms with Crippen molar-refractivity contribution in [1.82, 2.24) is 0 Å². The number of nitrogens with one attached hydrogen (secondary N) is 1. The van der Waals surface area contributed by atoms with E-state index in [0.29, 0.717) is 11.8 Å². The van der Waals surface area contributed by atoms with Crippen molar-refractivity contribution in [3.05, 3.63) is 47.8 Å². The zero-order valence-electron chi connectivity index (χ0n) is 22.2. The quantitative estimate of drug-likeness (QED) is 0.419. The molecule has 11 heteroatoms. The standard InChI is InChI=1S/C27H34FNO8S/c1-16(2)19-11-10-17(3)12-23(19)37-25(30)15-36-27(31)20-13-18(14-24(34-4)26(20)35-5)38(32,33)29-22-9-7-6-8-21(22)28/h6-9,13-14,16-17,19,23,29H,10-12,15H2,1-5H3. The molecule has 0 aromatic heterocycles. The number of methoxy groups -OCH3 is 2. The van der Waals surface area contributed by atoms with E-state index in [1.807, 2.05) is 0 Å². The van der Waals surface area contributed by atoms with Crippen LogP contribution in [0.1, 0.15) is 50.4 Å². The number of hydrogen-bond acceptors (Lipinski definition) is 8. The summed E-state index contributed by atoms with van der Waals surface area (Å²) < 4.78 is 63.5. The van der Waals surface area contributed by atoms with E-state index in [1.165, 1.54) is 32.4 Å². The molecule has 1 aliphatic carbocycles. The van der Waals surface area contributed by atoms with Gasteiger partial charge < -0.3 is 18.9 Å². The molecule has 0 heterocycles. The molecule has 0 aliphatic heterocycles. The first-order valence-electron chi connectivity index (χ1n) is 12.4. The second-order valence-electron chi connectivity index (χ2n) is 9.72. The van der Waals surface area contributed by atoms with Gasteiger partial charge in [-0.2, -0.15) is 0 Å². The van der Waals surface area contributed by atoms with Crippen LogP contribution in [0.5, 0.6) is 11.5 Å². The Hall–Kier alpha value is -3.34. The Morgan fingerprint density at radius 1 is 1.11 bits per heavy atom. The average Bonchev–Trinajstić information content (AvgIpc) is 2.87. The average molecular weight is 552 g/mol. The molecule has 3 rings (SSSR count). The summed E-state index contributed by atoms with van der Waals surface area (Å²) in [7, 11) is -1.81. The van der Waals surface area contributed by atoms with E-state index in [-0.39, 0.29) is 34.8 Å². The summed E-state index contributed by atoms with van der Waals surface area (Å²) in [6.45, 7) is 5.62. The Kier molecular flexibility index (Phi) is 9.59. The lowest BCUT2D eigenvalue weighted by molar-refractivity contribution is -0.159. The highest BCUT2D eigenvalue weighted by atomic mass is 32.2. The number of esters is 2. The highest BCUT2D eigenvalue weighted by Crippen LogP contribution is 2.37. The number of sulfonamides is 1. The normalized spacial score (nSPS) is 19.5. The lowest BCUT2D eigenvalue weighted by Crippen LogP contribution is -2.36. The maximum Gasteiger partial charge on any atom is 0.344 e. The summed E-state index contributed by atoms with van der Waals surface area (Å²) in [5.74, 6) is -1.67. The predicted molar refractivity (Wildman–Crippen MR) is 138 cm³/mol. The van der Waals surface area contributed by atoms with Crippen LogP contribution in [0.15, 0.2) is 41.3 Å². The van der Waals surface area contributed by atoms with Gasteiger partial charge in [0, 0.05) is 6.07 Å². The second kappa shape index (κ2) is 12.5. The second-order valence-corrected chi connectivity index (χ2v) is 11.4. The molecule has 3 atom stereocenters. The maximum absolute atomic E-state index is 14.1. The Morgan fingerprint density at radius 2 is 1.82 bits per heavy atom. The molecule has 3 unspecified atom stereocenters. The van der Waals surface area contributed by atoms with Crippen LogP contribution in [-0.2, 0) is 24.3 Å². The number of benzene rings is 2. The summed E-state index contributed by atoms with van der Waals surface area (Å²) in [5, 5.41) is 0. The molecule has 0 bridgehead atoms. The van der Waals surface area contributed by atoms with E-state index < -0.39 is 39.3 Å². The van der Waals surface area contributed by atoms with Crippen molar-refractivity contribution in [2.45, 2.75) is 51.0 Å². The molecule has 9 nitrogen and oxygen atoms in total. The molecule has 1 saturated carbocycles. The molecule has 1 fully saturated rings. The minimum Gasteiger partial charge on any atom is -0.493 e. The Morgan fingerprint density at radius 3 is 2.45 bits per heavy atom. The Balaban J connectivity index is 1.79. The molecule has 0 amide bonds. The molecule has 1 N–H and O–H groups in total. The largest absolute Gasteiger partial charge is 0.493 e. The van der Waals surface area contributed by atoms with Crippen LogP contribution in [0, 0.1) is 23.6 Å². The number of para-hydroxylation sites is 1. The number of hydrogen-bond donors (Lipinski definition) is 1. The van der Waals surface area contributed by atoms with Gasteiger partial charge in [0.25, 0.3) is 10.0 Å². The van der Waals surface area contributed by atoms with Crippen molar-refractivity contribution in [2.24, 2.45) is 17.8 Å². The van der Waals surface area contributed by atoms with Crippen molar-refractivity contribution in [1.29, 1.82) is 0 Å². The van der Waals surface area contributed by atoms with E-state index in [1.54, 1.807) is 0 Å². The topological polar surface area (TPSA) is 117 Å². The number of anilines is 1. The highest BCUT2D eigenvalue weighted by Gasteiger charge is 2.34. The van der Waals surface area contributed by atoms with Gasteiger partial charge in [-0.05, 0) is 48.8 Å². The summed E-state index contributed by atoms with van der Waals surface area (Å²) in [6, 6.07) is 7.38. The molecule has 0 spiro atoms. The zero-order valence-corrected chi connectivity index (χ0v) is 23.0. The zero-order chi connectivity index (χ0) is 28.0. The maximum atomic E-state index is 14.1. The third-order valence-electron chi connectivity index (χ3n) is 6.67. The summed E-state index contributed by atoms with van der Waals surface area (Å²) >= 11 is 0. The number of carbonyl (C=O) groups excluding carboxylic acids is 2. The van der Waals surface area contributed by atoms with Gasteiger partial charge in [0.2, 0.25) is 0 Å². The highest BCUT2D eigenvalue weighted by molar-refractivity contribution is 7.92. The minimum atomic E-state index is -4.34. The third-order valence-corrected chi connectivity index (χ3v) is 8.01. The number of ether oxygens (including phenoxy) is 4. The monoisotopic (exact) mass is 551 g/mol. The SMILES string of the molecule is COc1cc(S(=O)(=O)Nc2ccccc2F)cc(C(=O)OCC(=O)OC2CC(C)CCC2C(C)C)c1OC. The fraction of sp³-hybridized carbons (Fsp3) is 0.481. The van der Waals surface area contributed by atoms with Gasteiger partial charge in [0.1, 0.15) is 17.5 Å². The Labute approximate surface area is 222 Å². The van der Waals surface area contributed by atoms with Crippen LogP contribution in [0.2, 0.25) is 0 Å². The van der Waals surface area contributed by atoms with Crippen LogP contribution in [0.3, 0.4) is 0 Å². The van der Waals surface area contributed by atoms with Gasteiger partial charge in [-0.1, -0.05) is 39.3 Å². The van der Waals surface area contributed by atoms with E-state index in [0.717, 1.165) is 37.5 Å². The van der Waals surface area contributed by atoms with Crippen molar-refractivity contribution < 1.29 is 41.3 Å². The third kappa shape index (κ3) is 6.94.